The van der Waals surface area contributed by atoms with Crippen LogP contribution in [0, 0.1) is 6.92 Å². The Kier molecular flexibility index (Phi) is 2.99. The molecule has 1 aliphatic rings. The van der Waals surface area contributed by atoms with Crippen molar-refractivity contribution in [2.24, 2.45) is 0 Å². The van der Waals surface area contributed by atoms with E-state index < -0.39 is 18.0 Å². The molecule has 1 aromatic carbocycles. The van der Waals surface area contributed by atoms with Crippen LogP contribution in [-0.4, -0.2) is 29.8 Å². The van der Waals surface area contributed by atoms with Crippen LogP contribution in [0.25, 0.3) is 0 Å². The Morgan fingerprint density at radius 3 is 2.88 bits per heavy atom. The number of cyclic esters (lactones) is 1. The largest absolute Gasteiger partial charge is 0.478 e. The minimum absolute atomic E-state index is 0.0599. The molecule has 1 heterocycles. The van der Waals surface area contributed by atoms with E-state index in [1.807, 2.05) is 0 Å². The van der Waals surface area contributed by atoms with Crippen molar-refractivity contribution in [2.45, 2.75) is 19.4 Å². The molecule has 0 saturated carbocycles. The highest BCUT2D eigenvalue weighted by Crippen LogP contribution is 2.26. The first-order chi connectivity index (χ1) is 8.09. The van der Waals surface area contributed by atoms with Gasteiger partial charge in [-0.25, -0.2) is 9.59 Å². The molecule has 5 heteroatoms. The van der Waals surface area contributed by atoms with Crippen molar-refractivity contribution in [3.8, 4) is 5.75 Å². The Labute approximate surface area is 98.0 Å². The van der Waals surface area contributed by atoms with E-state index in [0.29, 0.717) is 18.6 Å². The van der Waals surface area contributed by atoms with Crippen LogP contribution in [0.15, 0.2) is 18.2 Å². The summed E-state index contributed by atoms with van der Waals surface area (Å²) in [7, 11) is 0. The van der Waals surface area contributed by atoms with Gasteiger partial charge in [0.05, 0.1) is 6.61 Å². The van der Waals surface area contributed by atoms with Crippen LogP contribution < -0.4 is 4.74 Å². The number of carbonyl (C=O) groups excluding carboxylic acids is 1. The molecule has 1 atom stereocenters. The Morgan fingerprint density at radius 2 is 2.29 bits per heavy atom. The van der Waals surface area contributed by atoms with E-state index >= 15 is 0 Å². The standard InChI is InChI=1S/C12H12O5/c1-7-3-2-4-8(11(13)14)10(7)17-9-5-6-16-12(9)15/h2-4,9H,5-6H2,1H3,(H,13,14). The number of ether oxygens (including phenoxy) is 2. The Balaban J connectivity index is 2.31. The lowest BCUT2D eigenvalue weighted by Crippen LogP contribution is -2.23. The molecule has 90 valence electrons. The van der Waals surface area contributed by atoms with Gasteiger partial charge in [-0.3, -0.25) is 0 Å². The quantitative estimate of drug-likeness (QED) is 0.803. The lowest BCUT2D eigenvalue weighted by atomic mass is 10.1. The average molecular weight is 236 g/mol. The van der Waals surface area contributed by atoms with Crippen molar-refractivity contribution in [1.29, 1.82) is 0 Å². The molecule has 0 aromatic heterocycles. The first-order valence-corrected chi connectivity index (χ1v) is 5.26. The Hall–Kier alpha value is -2.04. The first-order valence-electron chi connectivity index (χ1n) is 5.26. The number of hydrogen-bond donors (Lipinski definition) is 1. The topological polar surface area (TPSA) is 72.8 Å². The third-order valence-electron chi connectivity index (χ3n) is 2.59. The smallest absolute Gasteiger partial charge is 0.347 e. The van der Waals surface area contributed by atoms with Gasteiger partial charge in [0.1, 0.15) is 11.3 Å². The number of rotatable bonds is 3. The highest BCUT2D eigenvalue weighted by molar-refractivity contribution is 5.91. The van der Waals surface area contributed by atoms with Crippen molar-refractivity contribution in [2.75, 3.05) is 6.61 Å². The van der Waals surface area contributed by atoms with E-state index in [2.05, 4.69) is 0 Å². The number of benzene rings is 1. The molecule has 0 aliphatic carbocycles. The third kappa shape index (κ3) is 2.22. The van der Waals surface area contributed by atoms with Gasteiger partial charge in [-0.2, -0.15) is 0 Å². The number of aromatic carboxylic acids is 1. The van der Waals surface area contributed by atoms with Crippen molar-refractivity contribution in [3.63, 3.8) is 0 Å². The van der Waals surface area contributed by atoms with Crippen LogP contribution in [0.3, 0.4) is 0 Å². The molecule has 1 saturated heterocycles. The van der Waals surface area contributed by atoms with Crippen molar-refractivity contribution >= 4 is 11.9 Å². The van der Waals surface area contributed by atoms with Crippen LogP contribution in [0.5, 0.6) is 5.75 Å². The van der Waals surface area contributed by atoms with E-state index in [4.69, 9.17) is 14.6 Å². The minimum atomic E-state index is -1.07. The lowest BCUT2D eigenvalue weighted by Gasteiger charge is -2.14. The van der Waals surface area contributed by atoms with Gasteiger partial charge in [0.15, 0.2) is 6.10 Å². The average Bonchev–Trinajstić information content (AvgIpc) is 2.67. The highest BCUT2D eigenvalue weighted by atomic mass is 16.6. The SMILES string of the molecule is Cc1cccc(C(=O)O)c1OC1CCOC1=O. The van der Waals surface area contributed by atoms with Crippen LogP contribution in [0.2, 0.25) is 0 Å². The molecule has 1 aliphatic heterocycles. The zero-order valence-electron chi connectivity index (χ0n) is 9.30. The molecule has 1 fully saturated rings. The summed E-state index contributed by atoms with van der Waals surface area (Å²) in [4.78, 5) is 22.3. The molecule has 1 aromatic rings. The third-order valence-corrected chi connectivity index (χ3v) is 2.59. The summed E-state index contributed by atoms with van der Waals surface area (Å²) >= 11 is 0. The molecule has 5 nitrogen and oxygen atoms in total. The van der Waals surface area contributed by atoms with Gasteiger partial charge in [0, 0.05) is 6.42 Å². The molecular formula is C12H12O5. The number of carbonyl (C=O) groups is 2. The van der Waals surface area contributed by atoms with Gasteiger partial charge in [-0.1, -0.05) is 12.1 Å². The molecule has 0 bridgehead atoms. The van der Waals surface area contributed by atoms with Crippen LogP contribution in [0.1, 0.15) is 22.3 Å². The summed E-state index contributed by atoms with van der Waals surface area (Å²) < 4.78 is 10.2. The molecule has 1 unspecified atom stereocenters. The summed E-state index contributed by atoms with van der Waals surface area (Å²) in [5.41, 5.74) is 0.745. The summed E-state index contributed by atoms with van der Waals surface area (Å²) in [6.07, 6.45) is -0.249. The summed E-state index contributed by atoms with van der Waals surface area (Å²) in [5.74, 6) is -1.27. The van der Waals surface area contributed by atoms with Crippen LogP contribution in [0.4, 0.5) is 0 Å². The van der Waals surface area contributed by atoms with E-state index in [-0.39, 0.29) is 11.3 Å². The maximum atomic E-state index is 11.3. The Bertz CT molecular complexity index is 466. The number of esters is 1. The van der Waals surface area contributed by atoms with E-state index in [1.165, 1.54) is 6.07 Å². The maximum Gasteiger partial charge on any atom is 0.347 e. The normalized spacial score (nSPS) is 18.9. The molecule has 0 spiro atoms. The fourth-order valence-corrected chi connectivity index (χ4v) is 1.70. The van der Waals surface area contributed by atoms with E-state index in [9.17, 15) is 9.59 Å². The van der Waals surface area contributed by atoms with Crippen LogP contribution in [-0.2, 0) is 9.53 Å². The van der Waals surface area contributed by atoms with E-state index in [1.54, 1.807) is 19.1 Å². The van der Waals surface area contributed by atoms with Gasteiger partial charge in [-0.05, 0) is 18.6 Å². The van der Waals surface area contributed by atoms with Gasteiger partial charge in [-0.15, -0.1) is 0 Å². The molecular weight excluding hydrogens is 224 g/mol. The van der Waals surface area contributed by atoms with Gasteiger partial charge < -0.3 is 14.6 Å². The first kappa shape index (κ1) is 11.4. The number of para-hydroxylation sites is 1. The van der Waals surface area contributed by atoms with Crippen molar-refractivity contribution in [1.82, 2.24) is 0 Å². The zero-order valence-corrected chi connectivity index (χ0v) is 9.30. The van der Waals surface area contributed by atoms with E-state index in [0.717, 1.165) is 0 Å². The Morgan fingerprint density at radius 1 is 1.53 bits per heavy atom. The summed E-state index contributed by atoms with van der Waals surface area (Å²) in [6, 6.07) is 4.83. The second-order valence-corrected chi connectivity index (χ2v) is 3.82. The number of carboxylic acid groups (broad SMARTS) is 1. The fraction of sp³-hybridized carbons (Fsp3) is 0.333. The summed E-state index contributed by atoms with van der Waals surface area (Å²) in [5, 5.41) is 9.03. The molecule has 2 rings (SSSR count). The van der Waals surface area contributed by atoms with Gasteiger partial charge in [0.25, 0.3) is 0 Å². The summed E-state index contributed by atoms with van der Waals surface area (Å²) in [6.45, 7) is 2.06. The number of hydrogen-bond acceptors (Lipinski definition) is 4. The molecule has 1 N–H and O–H groups in total. The maximum absolute atomic E-state index is 11.3. The second-order valence-electron chi connectivity index (χ2n) is 3.82. The number of carboxylic acids is 1. The molecule has 17 heavy (non-hydrogen) atoms. The minimum Gasteiger partial charge on any atom is -0.478 e. The fourth-order valence-electron chi connectivity index (χ4n) is 1.70. The predicted molar refractivity (Wildman–Crippen MR) is 58.1 cm³/mol. The lowest BCUT2D eigenvalue weighted by molar-refractivity contribution is -0.143. The molecule has 0 amide bonds. The van der Waals surface area contributed by atoms with Gasteiger partial charge >= 0.3 is 11.9 Å². The van der Waals surface area contributed by atoms with Crippen molar-refractivity contribution < 1.29 is 24.2 Å². The number of aryl methyl sites for hydroxylation is 1. The zero-order chi connectivity index (χ0) is 12.4. The van der Waals surface area contributed by atoms with Crippen molar-refractivity contribution in [3.05, 3.63) is 29.3 Å². The highest BCUT2D eigenvalue weighted by Gasteiger charge is 2.30. The molecule has 0 radical (unpaired) electrons. The van der Waals surface area contributed by atoms with Gasteiger partial charge in [0.2, 0.25) is 0 Å². The monoisotopic (exact) mass is 236 g/mol. The second kappa shape index (κ2) is 4.45. The predicted octanol–water partition coefficient (Wildman–Crippen LogP) is 1.39. The van der Waals surface area contributed by atoms with Crippen LogP contribution >= 0.6 is 0 Å².